The van der Waals surface area contributed by atoms with E-state index in [1.54, 1.807) is 6.07 Å². The number of hydrogen-bond acceptors (Lipinski definition) is 4. The first-order valence-electron chi connectivity index (χ1n) is 14.0. The topological polar surface area (TPSA) is 59.2 Å². The zero-order chi connectivity index (χ0) is 26.5. The number of hydrogen-bond donors (Lipinski definition) is 0. The summed E-state index contributed by atoms with van der Waals surface area (Å²) in [5.74, 6) is -3.53. The Morgan fingerprint density at radius 3 is 2.34 bits per heavy atom. The molecule has 1 heterocycles. The maximum atomic E-state index is 14.6. The summed E-state index contributed by atoms with van der Waals surface area (Å²) < 4.78 is 61.4. The molecule has 9 heteroatoms. The van der Waals surface area contributed by atoms with Crippen molar-refractivity contribution in [1.82, 2.24) is 10.1 Å². The molecule has 7 aliphatic rings. The number of carbonyl (C=O) groups excluding carboxylic acids is 1. The fourth-order valence-electron chi connectivity index (χ4n) is 7.93. The van der Waals surface area contributed by atoms with Gasteiger partial charge >= 0.3 is 5.92 Å². The van der Waals surface area contributed by atoms with E-state index in [0.717, 1.165) is 58.3 Å². The van der Waals surface area contributed by atoms with Gasteiger partial charge in [0.2, 0.25) is 5.91 Å². The molecule has 0 unspecified atom stereocenters. The van der Waals surface area contributed by atoms with E-state index in [2.05, 4.69) is 10.1 Å². The molecule has 1 aromatic carbocycles. The van der Waals surface area contributed by atoms with E-state index in [0.29, 0.717) is 36.5 Å². The van der Waals surface area contributed by atoms with Gasteiger partial charge < -0.3 is 9.42 Å². The van der Waals surface area contributed by atoms with Crippen LogP contribution >= 0.6 is 0 Å². The maximum Gasteiger partial charge on any atom is 0.322 e. The maximum absolute atomic E-state index is 14.6. The lowest BCUT2D eigenvalue weighted by molar-refractivity contribution is -0.132. The first kappa shape index (κ1) is 24.6. The SMILES string of the molecule is CC(F)(F)c1nc(C23CCC(CN(C(=O)C45CC(C4)[C@@H](F)C5)c4ccc(F)c(C5CC5)c4)(CC2)CC3)no1. The lowest BCUT2D eigenvalue weighted by Crippen LogP contribution is -2.54. The largest absolute Gasteiger partial charge is 0.333 e. The van der Waals surface area contributed by atoms with Gasteiger partial charge in [-0.3, -0.25) is 4.79 Å². The number of alkyl halides is 3. The third-order valence-electron chi connectivity index (χ3n) is 10.6. The van der Waals surface area contributed by atoms with E-state index in [1.807, 2.05) is 11.0 Å². The van der Waals surface area contributed by atoms with Crippen LogP contribution in [0.25, 0.3) is 0 Å². The second-order valence-corrected chi connectivity index (χ2v) is 13.1. The molecule has 38 heavy (non-hydrogen) atoms. The van der Waals surface area contributed by atoms with Crippen LogP contribution in [0.2, 0.25) is 0 Å². The molecule has 9 rings (SSSR count). The number of carbonyl (C=O) groups is 1. The Balaban J connectivity index is 1.16. The summed E-state index contributed by atoms with van der Waals surface area (Å²) in [6.07, 6.45) is 7.09. The summed E-state index contributed by atoms with van der Waals surface area (Å²) in [7, 11) is 0. The number of fused-ring (bicyclic) bond motifs is 4. The van der Waals surface area contributed by atoms with Crippen LogP contribution in [0.1, 0.15) is 101 Å². The van der Waals surface area contributed by atoms with E-state index in [4.69, 9.17) is 4.52 Å². The first-order chi connectivity index (χ1) is 18.0. The predicted octanol–water partition coefficient (Wildman–Crippen LogP) is 6.96. The van der Waals surface area contributed by atoms with Gasteiger partial charge in [0.1, 0.15) is 12.0 Å². The number of anilines is 1. The van der Waals surface area contributed by atoms with Gasteiger partial charge in [0.25, 0.3) is 5.89 Å². The molecule has 0 spiro atoms. The van der Waals surface area contributed by atoms with Gasteiger partial charge in [-0.1, -0.05) is 5.16 Å². The number of nitrogens with zero attached hydrogens (tertiary/aromatic N) is 3. The molecule has 1 atom stereocenters. The molecule has 4 bridgehead atoms. The summed E-state index contributed by atoms with van der Waals surface area (Å²) in [6.45, 7) is 1.26. The summed E-state index contributed by atoms with van der Waals surface area (Å²) in [5.41, 5.74) is 0.215. The molecular formula is C29H33F4N3O2. The number of rotatable bonds is 7. The second-order valence-electron chi connectivity index (χ2n) is 13.1. The van der Waals surface area contributed by atoms with Gasteiger partial charge in [0.15, 0.2) is 5.82 Å². The summed E-state index contributed by atoms with van der Waals surface area (Å²) >= 11 is 0. The monoisotopic (exact) mass is 531 g/mol. The van der Waals surface area contributed by atoms with Crippen LogP contribution in [-0.2, 0) is 16.1 Å². The molecule has 1 aromatic heterocycles. The van der Waals surface area contributed by atoms with Gasteiger partial charge in [0, 0.05) is 24.6 Å². The lowest BCUT2D eigenvalue weighted by atomic mass is 9.53. The fraction of sp³-hybridized carbons (Fsp3) is 0.690. The van der Waals surface area contributed by atoms with Crippen LogP contribution in [0.15, 0.2) is 22.7 Å². The first-order valence-corrected chi connectivity index (χ1v) is 14.0. The van der Waals surface area contributed by atoms with Crippen LogP contribution in [0.4, 0.5) is 23.2 Å². The molecule has 0 aliphatic heterocycles. The number of benzene rings is 1. The van der Waals surface area contributed by atoms with Crippen molar-refractivity contribution in [3.8, 4) is 0 Å². The lowest BCUT2D eigenvalue weighted by Gasteiger charge is -2.54. The minimum atomic E-state index is -3.18. The molecule has 2 aromatic rings. The van der Waals surface area contributed by atoms with E-state index in [9.17, 15) is 22.4 Å². The average Bonchev–Trinajstić information content (AvgIpc) is 3.32. The number of aromatic nitrogens is 2. The third kappa shape index (κ3) is 3.74. The molecule has 5 nitrogen and oxygen atoms in total. The highest BCUT2D eigenvalue weighted by atomic mass is 19.3. The van der Waals surface area contributed by atoms with Gasteiger partial charge in [0.05, 0.1) is 5.41 Å². The van der Waals surface area contributed by atoms with Crippen molar-refractivity contribution >= 4 is 11.6 Å². The third-order valence-corrected chi connectivity index (χ3v) is 10.6. The highest BCUT2D eigenvalue weighted by Gasteiger charge is 2.62. The Bertz CT molecular complexity index is 1250. The summed E-state index contributed by atoms with van der Waals surface area (Å²) in [4.78, 5) is 20.1. The number of amides is 1. The Morgan fingerprint density at radius 1 is 1.11 bits per heavy atom. The van der Waals surface area contributed by atoms with Crippen LogP contribution in [0, 0.1) is 22.6 Å². The zero-order valence-corrected chi connectivity index (χ0v) is 21.6. The highest BCUT2D eigenvalue weighted by Crippen LogP contribution is 2.62. The molecule has 0 radical (unpaired) electrons. The smallest absolute Gasteiger partial charge is 0.322 e. The van der Waals surface area contributed by atoms with Crippen molar-refractivity contribution in [2.75, 3.05) is 11.4 Å². The van der Waals surface area contributed by atoms with Crippen molar-refractivity contribution in [2.24, 2.45) is 16.7 Å². The average molecular weight is 532 g/mol. The van der Waals surface area contributed by atoms with Crippen LogP contribution in [-0.4, -0.2) is 28.8 Å². The van der Waals surface area contributed by atoms with Gasteiger partial charge in [-0.05, 0) is 112 Å². The fourth-order valence-corrected chi connectivity index (χ4v) is 7.93. The van der Waals surface area contributed by atoms with Crippen molar-refractivity contribution < 1.29 is 26.9 Å². The molecule has 7 fully saturated rings. The Labute approximate surface area is 219 Å². The molecule has 7 aliphatic carbocycles. The summed E-state index contributed by atoms with van der Waals surface area (Å²) in [6, 6.07) is 5.02. The van der Waals surface area contributed by atoms with Crippen molar-refractivity contribution in [3.63, 3.8) is 0 Å². The van der Waals surface area contributed by atoms with Crippen LogP contribution in [0.5, 0.6) is 0 Å². The highest BCUT2D eigenvalue weighted by molar-refractivity contribution is 5.99. The molecule has 204 valence electrons. The Morgan fingerprint density at radius 2 is 1.79 bits per heavy atom. The second kappa shape index (κ2) is 8.04. The van der Waals surface area contributed by atoms with E-state index in [1.165, 1.54) is 6.07 Å². The molecule has 7 saturated carbocycles. The van der Waals surface area contributed by atoms with Crippen molar-refractivity contribution in [3.05, 3.63) is 41.3 Å². The molecule has 0 N–H and O–H groups in total. The normalized spacial score (nSPS) is 35.8. The zero-order valence-electron chi connectivity index (χ0n) is 21.6. The van der Waals surface area contributed by atoms with Gasteiger partial charge in [-0.15, -0.1) is 0 Å². The summed E-state index contributed by atoms with van der Waals surface area (Å²) in [5, 5.41) is 3.95. The Hall–Kier alpha value is -2.45. The van der Waals surface area contributed by atoms with Crippen molar-refractivity contribution in [1.29, 1.82) is 0 Å². The van der Waals surface area contributed by atoms with Crippen molar-refractivity contribution in [2.45, 2.75) is 101 Å². The van der Waals surface area contributed by atoms with Gasteiger partial charge in [-0.2, -0.15) is 13.8 Å². The Kier molecular flexibility index (Phi) is 5.20. The van der Waals surface area contributed by atoms with E-state index in [-0.39, 0.29) is 40.8 Å². The van der Waals surface area contributed by atoms with Crippen LogP contribution < -0.4 is 4.90 Å². The minimum absolute atomic E-state index is 0.0190. The van der Waals surface area contributed by atoms with Crippen LogP contribution in [0.3, 0.4) is 0 Å². The van der Waals surface area contributed by atoms with E-state index >= 15 is 0 Å². The van der Waals surface area contributed by atoms with E-state index < -0.39 is 23.4 Å². The van der Waals surface area contributed by atoms with Gasteiger partial charge in [-0.25, -0.2) is 8.78 Å². The molecule has 0 saturated heterocycles. The predicted molar refractivity (Wildman–Crippen MR) is 131 cm³/mol. The standard InChI is InChI=1S/C29H33F4N3O2/c1-26(32,33)24-34-23(35-38-24)28-9-6-27(7-10-28,8-11-28)16-36(25(37)29-13-18(14-29)22(31)15-29)19-4-5-21(30)20(12-19)17-2-3-17/h4-5,12,17-18,22H,2-3,6-11,13-16H2,1H3/t18?,22-,27?,28?,29?/m0/s1. The molecular weight excluding hydrogens is 498 g/mol. The molecule has 1 amide bonds. The number of halogens is 4. The quantitative estimate of drug-likeness (QED) is 0.363. The minimum Gasteiger partial charge on any atom is -0.333 e.